The van der Waals surface area contributed by atoms with E-state index in [0.717, 1.165) is 11.1 Å². The lowest BCUT2D eigenvalue weighted by atomic mass is 9.93. The molecule has 0 heterocycles. The fourth-order valence-corrected chi connectivity index (χ4v) is 7.31. The van der Waals surface area contributed by atoms with Crippen LogP contribution in [0.1, 0.15) is 105 Å². The van der Waals surface area contributed by atoms with Crippen molar-refractivity contribution < 1.29 is 56.6 Å². The van der Waals surface area contributed by atoms with E-state index in [1.165, 1.54) is 25.1 Å². The molecule has 17 heteroatoms. The highest BCUT2D eigenvalue weighted by molar-refractivity contribution is 7.49. The number of carbonyl (C=O) groups is 4. The molecule has 0 saturated carbocycles. The third kappa shape index (κ3) is 19.4. The molecule has 3 rings (SSSR count). The zero-order chi connectivity index (χ0) is 45.5. The van der Waals surface area contributed by atoms with Gasteiger partial charge in [-0.15, -0.1) is 0 Å². The minimum absolute atomic E-state index is 0.0353. The second-order valence-electron chi connectivity index (χ2n) is 17.6. The molecule has 3 aromatic carbocycles. The number of carbonyl (C=O) groups excluding carboxylic acids is 4. The molecule has 16 nitrogen and oxygen atoms in total. The molecule has 0 aromatic heterocycles. The quantitative estimate of drug-likeness (QED) is 0.0239. The summed E-state index contributed by atoms with van der Waals surface area (Å²) in [7, 11) is -4.26. The fourth-order valence-electron chi connectivity index (χ4n) is 5.46. The Balaban J connectivity index is 1.75. The van der Waals surface area contributed by atoms with Crippen LogP contribution in [0.4, 0.5) is 9.59 Å². The summed E-state index contributed by atoms with van der Waals surface area (Å²) in [6, 6.07) is 21.4. The van der Waals surface area contributed by atoms with Crippen LogP contribution in [0.15, 0.2) is 78.9 Å². The summed E-state index contributed by atoms with van der Waals surface area (Å²) in [4.78, 5) is 52.7. The van der Waals surface area contributed by atoms with E-state index in [9.17, 15) is 28.8 Å². The number of phosphoric acid groups is 1. The normalized spacial score (nSPS) is 13.5. The summed E-state index contributed by atoms with van der Waals surface area (Å²) in [5.41, 5.74) is 2.97. The predicted octanol–water partition coefficient (Wildman–Crippen LogP) is 8.16. The Morgan fingerprint density at radius 1 is 0.689 bits per heavy atom. The van der Waals surface area contributed by atoms with Crippen LogP contribution < -0.4 is 26.0 Å². The second kappa shape index (κ2) is 22.1. The zero-order valence-corrected chi connectivity index (χ0v) is 37.8. The number of benzene rings is 3. The molecule has 61 heavy (non-hydrogen) atoms. The molecule has 0 bridgehead atoms. The van der Waals surface area contributed by atoms with Crippen molar-refractivity contribution in [2.75, 3.05) is 6.54 Å². The molecule has 0 fully saturated rings. The van der Waals surface area contributed by atoms with Gasteiger partial charge in [0.2, 0.25) is 0 Å². The topological polar surface area (TPSA) is 209 Å². The number of amides is 3. The van der Waals surface area contributed by atoms with Crippen LogP contribution in [0, 0.1) is 0 Å². The summed E-state index contributed by atoms with van der Waals surface area (Å²) in [5, 5.41) is 16.3. The van der Waals surface area contributed by atoms with E-state index < -0.39 is 66.0 Å². The number of esters is 1. The zero-order valence-electron chi connectivity index (χ0n) is 36.9. The average molecular weight is 871 g/mol. The largest absolute Gasteiger partial charge is 0.531 e. The lowest BCUT2D eigenvalue weighted by molar-refractivity contribution is -0.163. The first-order valence-electron chi connectivity index (χ1n) is 20.1. The average Bonchev–Trinajstić information content (AvgIpc) is 3.14. The molecule has 336 valence electrons. The highest BCUT2D eigenvalue weighted by Gasteiger charge is 2.41. The molecule has 0 aliphatic heterocycles. The van der Waals surface area contributed by atoms with E-state index >= 15 is 0 Å². The van der Waals surface area contributed by atoms with Gasteiger partial charge in [-0.05, 0) is 117 Å². The summed E-state index contributed by atoms with van der Waals surface area (Å²) in [5.74, 6) is -2.03. The third-order valence-electron chi connectivity index (χ3n) is 8.10. The van der Waals surface area contributed by atoms with Gasteiger partial charge in [0.1, 0.15) is 30.4 Å². The molecule has 3 aromatic rings. The lowest BCUT2D eigenvalue weighted by Gasteiger charge is -2.33. The van der Waals surface area contributed by atoms with Gasteiger partial charge in [-0.2, -0.15) is 0 Å². The summed E-state index contributed by atoms with van der Waals surface area (Å²) in [6.45, 7) is 17.0. The van der Waals surface area contributed by atoms with Crippen LogP contribution >= 0.6 is 7.82 Å². The van der Waals surface area contributed by atoms with Crippen LogP contribution in [0.5, 0.6) is 11.5 Å². The first-order chi connectivity index (χ1) is 28.3. The number of phenols is 1. The van der Waals surface area contributed by atoms with E-state index in [2.05, 4.69) is 21.5 Å². The Hall–Kier alpha value is -5.15. The molecular formula is C44H63N4O12P. The number of hydrogen-bond donors (Lipinski definition) is 5. The van der Waals surface area contributed by atoms with Crippen LogP contribution in [-0.4, -0.2) is 64.1 Å². The molecule has 5 N–H and O–H groups in total. The number of phenolic OH excluding ortho intramolecular Hbond substituents is 1. The fraction of sp³-hybridized carbons (Fsp3) is 0.500. The number of phosphoric ester groups is 1. The second-order valence-corrected chi connectivity index (χ2v) is 19.1. The van der Waals surface area contributed by atoms with Crippen molar-refractivity contribution in [3.05, 3.63) is 95.6 Å². The van der Waals surface area contributed by atoms with Crippen molar-refractivity contribution in [2.24, 2.45) is 0 Å². The molecule has 3 amide bonds. The minimum atomic E-state index is -4.26. The van der Waals surface area contributed by atoms with E-state index in [4.69, 9.17) is 27.8 Å². The molecule has 0 aliphatic rings. The summed E-state index contributed by atoms with van der Waals surface area (Å²) < 4.78 is 47.1. The molecule has 0 spiro atoms. The van der Waals surface area contributed by atoms with Crippen molar-refractivity contribution in [2.45, 2.75) is 137 Å². The maximum Gasteiger partial charge on any atom is 0.531 e. The first kappa shape index (κ1) is 50.2. The van der Waals surface area contributed by atoms with Crippen molar-refractivity contribution in [3.63, 3.8) is 0 Å². The van der Waals surface area contributed by atoms with Crippen molar-refractivity contribution in [1.29, 1.82) is 0 Å². The first-order valence-corrected chi connectivity index (χ1v) is 21.5. The molecule has 1 unspecified atom stereocenters. The number of unbranched alkanes of at least 4 members (excludes halogenated alkanes) is 1. The number of aromatic hydroxyl groups is 1. The van der Waals surface area contributed by atoms with E-state index in [1.807, 2.05) is 36.4 Å². The Bertz CT molecular complexity index is 1930. The third-order valence-corrected chi connectivity index (χ3v) is 10.1. The molecular weight excluding hydrogens is 807 g/mol. The van der Waals surface area contributed by atoms with E-state index in [-0.39, 0.29) is 38.3 Å². The highest BCUT2D eigenvalue weighted by atomic mass is 31.2. The number of rotatable bonds is 20. The molecule has 0 saturated heterocycles. The van der Waals surface area contributed by atoms with Crippen LogP contribution in [-0.2, 0) is 57.0 Å². The number of alkyl carbamates (subject to hydrolysis) is 2. The van der Waals surface area contributed by atoms with E-state index in [0.29, 0.717) is 18.4 Å². The Labute approximate surface area is 359 Å². The number of hydrazine groups is 1. The number of hydrogen-bond acceptors (Lipinski definition) is 13. The molecule has 0 radical (unpaired) electrons. The Kier molecular flexibility index (Phi) is 18.2. The van der Waals surface area contributed by atoms with Crippen molar-refractivity contribution in [1.82, 2.24) is 21.5 Å². The van der Waals surface area contributed by atoms with Crippen molar-refractivity contribution >= 4 is 31.9 Å². The maximum absolute atomic E-state index is 13.8. The van der Waals surface area contributed by atoms with Gasteiger partial charge in [-0.1, -0.05) is 66.7 Å². The Morgan fingerprint density at radius 2 is 1.23 bits per heavy atom. The minimum Gasteiger partial charge on any atom is -0.504 e. The number of nitrogens with one attached hydrogen (secondary N) is 4. The molecule has 2 atom stereocenters. The van der Waals surface area contributed by atoms with Gasteiger partial charge < -0.3 is 34.5 Å². The van der Waals surface area contributed by atoms with Gasteiger partial charge in [-0.25, -0.2) is 24.4 Å². The van der Waals surface area contributed by atoms with E-state index in [1.54, 1.807) is 86.6 Å². The van der Waals surface area contributed by atoms with Gasteiger partial charge in [0, 0.05) is 13.0 Å². The highest BCUT2D eigenvalue weighted by Crippen LogP contribution is 2.56. The monoisotopic (exact) mass is 870 g/mol. The summed E-state index contributed by atoms with van der Waals surface area (Å²) >= 11 is 0. The maximum atomic E-state index is 13.8. The van der Waals surface area contributed by atoms with Gasteiger partial charge >= 0.3 is 26.0 Å². The van der Waals surface area contributed by atoms with Crippen molar-refractivity contribution in [3.8, 4) is 11.5 Å². The van der Waals surface area contributed by atoms with Gasteiger partial charge in [0.05, 0.1) is 11.2 Å². The number of ether oxygens (including phenoxy) is 3. The van der Waals surface area contributed by atoms with Crippen LogP contribution in [0.25, 0.3) is 0 Å². The van der Waals surface area contributed by atoms with Gasteiger partial charge in [0.15, 0.2) is 11.5 Å². The lowest BCUT2D eigenvalue weighted by Crippen LogP contribution is -2.62. The van der Waals surface area contributed by atoms with Crippen LogP contribution in [0.3, 0.4) is 0 Å². The summed E-state index contributed by atoms with van der Waals surface area (Å²) in [6.07, 6.45) is -0.600. The van der Waals surface area contributed by atoms with Gasteiger partial charge in [0.25, 0.3) is 5.91 Å². The predicted molar refractivity (Wildman–Crippen MR) is 229 cm³/mol. The Morgan fingerprint density at radius 3 is 1.74 bits per heavy atom. The standard InChI is InChI=1S/C44H63N4O12P/c1-41(2,3)57-38(51)44(10,28-33-24-25-36(35(49)27-33)58-61(54,59-42(4,5)6)60-43(7,8)9)48-47-37(50)34(46-40(53)56-30-32-21-15-12-16-22-32)23-17-18-26-45-39(52)55-29-31-19-13-11-14-20-31/h11-16,19-22,24-25,27,34,48-49H,17-18,23,26,28-30H2,1-10H3,(H,45,52)(H,46,53)(H,47,50)/t34-,44?/m0/s1. The van der Waals surface area contributed by atoms with Gasteiger partial charge in [-0.3, -0.25) is 19.3 Å². The smallest absolute Gasteiger partial charge is 0.504 e. The SMILES string of the molecule is CC(C)(C)OC(=O)C(C)(Cc1ccc(OP(=O)(OC(C)(C)C)OC(C)(C)C)c(O)c1)NNC(=O)[C@H](CCCCNC(=O)OCc1ccccc1)NC(=O)OCc1ccccc1. The molecule has 0 aliphatic carbocycles. The van der Waals surface area contributed by atoms with Crippen LogP contribution in [0.2, 0.25) is 0 Å².